The molecule has 35 heavy (non-hydrogen) atoms. The van der Waals surface area contributed by atoms with Crippen LogP contribution in [0.1, 0.15) is 60.3 Å². The Bertz CT molecular complexity index is 1080. The lowest BCUT2D eigenvalue weighted by Gasteiger charge is -2.40. The lowest BCUT2D eigenvalue weighted by atomic mass is 10.00. The molecule has 6 nitrogen and oxygen atoms in total. The number of aryl methyl sites for hydroxylation is 2. The first-order valence-electron chi connectivity index (χ1n) is 13.4. The molecule has 1 N–H and O–H groups in total. The quantitative estimate of drug-likeness (QED) is 0.456. The average Bonchev–Trinajstić information content (AvgIpc) is 3.33. The maximum atomic E-state index is 12.7. The minimum Gasteiger partial charge on any atom is -0.441 e. The summed E-state index contributed by atoms with van der Waals surface area (Å²) in [5.41, 5.74) is 3.38. The number of likely N-dealkylation sites (tertiary alicyclic amines) is 2. The predicted molar refractivity (Wildman–Crippen MR) is 140 cm³/mol. The molecule has 0 unspecified atom stereocenters. The van der Waals surface area contributed by atoms with Gasteiger partial charge in [0, 0.05) is 24.6 Å². The molecule has 0 radical (unpaired) electrons. The van der Waals surface area contributed by atoms with Crippen LogP contribution < -0.4 is 5.32 Å². The number of aromatic nitrogens is 1. The zero-order valence-electron chi connectivity index (χ0n) is 20.8. The van der Waals surface area contributed by atoms with Crippen molar-refractivity contribution in [2.24, 2.45) is 0 Å². The van der Waals surface area contributed by atoms with Crippen molar-refractivity contribution in [3.63, 3.8) is 0 Å². The number of oxazole rings is 1. The Balaban J connectivity index is 1.04. The normalized spacial score (nSPS) is 18.2. The van der Waals surface area contributed by atoms with E-state index in [1.54, 1.807) is 0 Å². The van der Waals surface area contributed by atoms with Gasteiger partial charge in [0.25, 0.3) is 5.91 Å². The van der Waals surface area contributed by atoms with Crippen LogP contribution in [0.2, 0.25) is 0 Å². The lowest BCUT2D eigenvalue weighted by molar-refractivity contribution is 0.0903. The number of carbonyl (C=O) groups excluding carboxylic acids is 1. The highest BCUT2D eigenvalue weighted by Crippen LogP contribution is 2.21. The van der Waals surface area contributed by atoms with Gasteiger partial charge in [-0.25, -0.2) is 4.98 Å². The van der Waals surface area contributed by atoms with Crippen LogP contribution in [-0.2, 0) is 12.8 Å². The molecule has 5 rings (SSSR count). The molecule has 2 aliphatic rings. The highest BCUT2D eigenvalue weighted by molar-refractivity contribution is 5.97. The molecular formula is C29H38N4O2. The maximum absolute atomic E-state index is 12.7. The van der Waals surface area contributed by atoms with Gasteiger partial charge < -0.3 is 19.5 Å². The van der Waals surface area contributed by atoms with Crippen LogP contribution in [0.15, 0.2) is 52.9 Å². The molecule has 3 aromatic rings. The summed E-state index contributed by atoms with van der Waals surface area (Å²) in [7, 11) is 0. The lowest BCUT2D eigenvalue weighted by Crippen LogP contribution is -2.47. The number of amides is 1. The van der Waals surface area contributed by atoms with Gasteiger partial charge in [-0.2, -0.15) is 0 Å². The second-order valence-electron chi connectivity index (χ2n) is 10.1. The van der Waals surface area contributed by atoms with Gasteiger partial charge >= 0.3 is 0 Å². The first-order valence-corrected chi connectivity index (χ1v) is 13.4. The van der Waals surface area contributed by atoms with Gasteiger partial charge in [0.15, 0.2) is 11.5 Å². The van der Waals surface area contributed by atoms with Crippen molar-refractivity contribution in [2.45, 2.75) is 57.4 Å². The summed E-state index contributed by atoms with van der Waals surface area (Å²) in [6, 6.07) is 16.7. The number of hydrogen-bond acceptors (Lipinski definition) is 5. The summed E-state index contributed by atoms with van der Waals surface area (Å²) >= 11 is 0. The predicted octanol–water partition coefficient (Wildman–Crippen LogP) is 4.68. The second kappa shape index (κ2) is 11.8. The van der Waals surface area contributed by atoms with Crippen molar-refractivity contribution in [2.75, 3.05) is 39.3 Å². The van der Waals surface area contributed by atoms with Crippen molar-refractivity contribution in [3.05, 3.63) is 65.5 Å². The summed E-state index contributed by atoms with van der Waals surface area (Å²) in [5, 5.41) is 3.08. The van der Waals surface area contributed by atoms with Crippen LogP contribution >= 0.6 is 0 Å². The zero-order valence-corrected chi connectivity index (χ0v) is 20.8. The Morgan fingerprint density at radius 1 is 0.971 bits per heavy atom. The Morgan fingerprint density at radius 3 is 2.57 bits per heavy atom. The van der Waals surface area contributed by atoms with Crippen LogP contribution in [0, 0.1) is 0 Å². The molecule has 2 saturated heterocycles. The van der Waals surface area contributed by atoms with Crippen molar-refractivity contribution >= 4 is 17.0 Å². The third kappa shape index (κ3) is 6.50. The van der Waals surface area contributed by atoms with E-state index in [-0.39, 0.29) is 5.91 Å². The van der Waals surface area contributed by atoms with Crippen molar-refractivity contribution in [1.29, 1.82) is 0 Å². The molecule has 0 aliphatic carbocycles. The first-order chi connectivity index (χ1) is 17.2. The molecule has 0 atom stereocenters. The standard InChI is InChI=1S/C29H38N4O2/c34-29(30-16-7-17-32-20-14-25(15-21-32)33-18-5-2-6-19-33)24-11-12-26-27(22-24)35-28(31-26)13-10-23-8-3-1-4-9-23/h1,3-4,8-9,11-12,22,25H,2,5-7,10,13-21H2,(H,30,34). The Labute approximate surface area is 208 Å². The molecule has 0 bridgehead atoms. The number of nitrogens with one attached hydrogen (secondary N) is 1. The third-order valence-corrected chi connectivity index (χ3v) is 7.57. The van der Waals surface area contributed by atoms with Crippen LogP contribution in [-0.4, -0.2) is 66.0 Å². The van der Waals surface area contributed by atoms with Crippen LogP contribution in [0.25, 0.3) is 11.1 Å². The highest BCUT2D eigenvalue weighted by Gasteiger charge is 2.25. The van der Waals surface area contributed by atoms with Gasteiger partial charge in [-0.05, 0) is 95.0 Å². The number of benzene rings is 2. The maximum Gasteiger partial charge on any atom is 0.251 e. The molecule has 0 saturated carbocycles. The Kier molecular flexibility index (Phi) is 8.11. The van der Waals surface area contributed by atoms with Crippen LogP contribution in [0.4, 0.5) is 0 Å². The zero-order chi connectivity index (χ0) is 23.9. The molecule has 2 aromatic carbocycles. The SMILES string of the molecule is O=C(NCCCN1CCC(N2CCCCC2)CC1)c1ccc2nc(CCc3ccccc3)oc2c1. The van der Waals surface area contributed by atoms with E-state index in [4.69, 9.17) is 4.42 Å². The molecule has 2 fully saturated rings. The molecule has 0 spiro atoms. The molecule has 6 heteroatoms. The van der Waals surface area contributed by atoms with Crippen molar-refractivity contribution < 1.29 is 9.21 Å². The topological polar surface area (TPSA) is 61.6 Å². The number of fused-ring (bicyclic) bond motifs is 1. The van der Waals surface area contributed by atoms with Gasteiger partial charge in [-0.1, -0.05) is 36.8 Å². The monoisotopic (exact) mass is 474 g/mol. The molecule has 2 aliphatic heterocycles. The fourth-order valence-corrected chi connectivity index (χ4v) is 5.51. The summed E-state index contributed by atoms with van der Waals surface area (Å²) in [6.07, 6.45) is 9.34. The van der Waals surface area contributed by atoms with Crippen molar-refractivity contribution in [3.8, 4) is 0 Å². The van der Waals surface area contributed by atoms with Gasteiger partial charge in [-0.3, -0.25) is 4.79 Å². The van der Waals surface area contributed by atoms with E-state index in [0.29, 0.717) is 23.6 Å². The number of piperidine rings is 2. The van der Waals surface area contributed by atoms with E-state index >= 15 is 0 Å². The summed E-state index contributed by atoms with van der Waals surface area (Å²) in [6.45, 7) is 6.71. The summed E-state index contributed by atoms with van der Waals surface area (Å²) in [5.74, 6) is 0.670. The minimum absolute atomic E-state index is 0.0436. The van der Waals surface area contributed by atoms with Crippen molar-refractivity contribution in [1.82, 2.24) is 20.1 Å². The Morgan fingerprint density at radius 2 is 1.77 bits per heavy atom. The second-order valence-corrected chi connectivity index (χ2v) is 10.1. The largest absolute Gasteiger partial charge is 0.441 e. The molecule has 186 valence electrons. The fourth-order valence-electron chi connectivity index (χ4n) is 5.51. The van der Waals surface area contributed by atoms with Crippen LogP contribution in [0.3, 0.4) is 0 Å². The first kappa shape index (κ1) is 24.0. The number of nitrogens with zero attached hydrogens (tertiary/aromatic N) is 3. The molecule has 1 amide bonds. The smallest absolute Gasteiger partial charge is 0.251 e. The minimum atomic E-state index is -0.0436. The molecule has 1 aromatic heterocycles. The summed E-state index contributed by atoms with van der Waals surface area (Å²) < 4.78 is 5.94. The van der Waals surface area contributed by atoms with E-state index in [1.165, 1.54) is 63.8 Å². The van der Waals surface area contributed by atoms with E-state index in [0.717, 1.165) is 37.4 Å². The van der Waals surface area contributed by atoms with E-state index in [2.05, 4.69) is 32.2 Å². The van der Waals surface area contributed by atoms with Gasteiger partial charge in [0.1, 0.15) is 5.52 Å². The van der Waals surface area contributed by atoms with E-state index in [1.807, 2.05) is 36.4 Å². The Hall–Kier alpha value is -2.70. The summed E-state index contributed by atoms with van der Waals surface area (Å²) in [4.78, 5) is 22.5. The van der Waals surface area contributed by atoms with Gasteiger partial charge in [0.05, 0.1) is 0 Å². The van der Waals surface area contributed by atoms with Gasteiger partial charge in [0.2, 0.25) is 0 Å². The molecule has 3 heterocycles. The molecular weight excluding hydrogens is 436 g/mol. The highest BCUT2D eigenvalue weighted by atomic mass is 16.3. The van der Waals surface area contributed by atoms with E-state index < -0.39 is 0 Å². The number of hydrogen-bond donors (Lipinski definition) is 1. The number of carbonyl (C=O) groups is 1. The third-order valence-electron chi connectivity index (χ3n) is 7.57. The van der Waals surface area contributed by atoms with Crippen LogP contribution in [0.5, 0.6) is 0 Å². The van der Waals surface area contributed by atoms with E-state index in [9.17, 15) is 4.79 Å². The fraction of sp³-hybridized carbons (Fsp3) is 0.517. The number of rotatable bonds is 9. The van der Waals surface area contributed by atoms with Gasteiger partial charge in [-0.15, -0.1) is 0 Å². The average molecular weight is 475 g/mol.